The second kappa shape index (κ2) is 10.1. The highest BCUT2D eigenvalue weighted by molar-refractivity contribution is 5.45. The lowest BCUT2D eigenvalue weighted by molar-refractivity contribution is -0.138. The lowest BCUT2D eigenvalue weighted by Gasteiger charge is -2.20. The average molecular weight is 454 g/mol. The first-order valence-corrected chi connectivity index (χ1v) is 9.12. The van der Waals surface area contributed by atoms with Crippen molar-refractivity contribution in [1.29, 1.82) is 10.5 Å². The molecule has 0 saturated carbocycles. The zero-order valence-electron chi connectivity index (χ0n) is 16.4. The molecule has 4 nitrogen and oxygen atoms in total. The maximum Gasteiger partial charge on any atom is 0.417 e. The number of halogens is 6. The maximum absolute atomic E-state index is 13.1. The number of benzene rings is 2. The van der Waals surface area contributed by atoms with Crippen molar-refractivity contribution in [2.75, 3.05) is 6.61 Å². The van der Waals surface area contributed by atoms with E-state index in [1.807, 2.05) is 0 Å². The Morgan fingerprint density at radius 2 is 1.38 bits per heavy atom. The summed E-state index contributed by atoms with van der Waals surface area (Å²) in [5.41, 5.74) is -3.36. The predicted molar refractivity (Wildman–Crippen MR) is 102 cm³/mol. The van der Waals surface area contributed by atoms with Crippen LogP contribution in [0.5, 0.6) is 11.5 Å². The molecule has 2 aromatic carbocycles. The van der Waals surface area contributed by atoms with Crippen molar-refractivity contribution in [3.8, 4) is 23.6 Å². The minimum Gasteiger partial charge on any atom is -0.493 e. The summed E-state index contributed by atoms with van der Waals surface area (Å²) in [6, 6.07) is 8.78. The molecule has 1 atom stereocenters. The number of nitrogens with zero attached hydrogens (tertiary/aromatic N) is 2. The SMILES string of the molecule is C=CCC(CCOc1ccc(C#N)c(C(F)(F)F)c1)Oc1ccc(C#N)c(C(F)(F)F)c1. The molecule has 10 heteroatoms. The summed E-state index contributed by atoms with van der Waals surface area (Å²) in [5, 5.41) is 17.7. The van der Waals surface area contributed by atoms with Crippen molar-refractivity contribution >= 4 is 0 Å². The lowest BCUT2D eigenvalue weighted by Crippen LogP contribution is -2.20. The Morgan fingerprint density at radius 3 is 1.84 bits per heavy atom. The number of alkyl halides is 6. The zero-order valence-corrected chi connectivity index (χ0v) is 16.4. The molecule has 0 aliphatic rings. The Morgan fingerprint density at radius 1 is 0.875 bits per heavy atom. The largest absolute Gasteiger partial charge is 0.493 e. The number of hydrogen-bond acceptors (Lipinski definition) is 4. The highest BCUT2D eigenvalue weighted by Crippen LogP contribution is 2.35. The Hall–Kier alpha value is -3.66. The van der Waals surface area contributed by atoms with Crippen LogP contribution in [-0.2, 0) is 12.4 Å². The first-order chi connectivity index (χ1) is 15.0. The van der Waals surface area contributed by atoms with Crippen molar-refractivity contribution in [3.63, 3.8) is 0 Å². The van der Waals surface area contributed by atoms with E-state index in [1.54, 1.807) is 0 Å². The van der Waals surface area contributed by atoms with Gasteiger partial charge in [-0.2, -0.15) is 36.9 Å². The van der Waals surface area contributed by atoms with Crippen molar-refractivity contribution in [3.05, 3.63) is 71.3 Å². The molecule has 0 amide bonds. The first kappa shape index (κ1) is 24.6. The van der Waals surface area contributed by atoms with E-state index in [9.17, 15) is 26.3 Å². The smallest absolute Gasteiger partial charge is 0.417 e. The van der Waals surface area contributed by atoms with Crippen LogP contribution in [0.2, 0.25) is 0 Å². The number of hydrogen-bond donors (Lipinski definition) is 0. The standard InChI is InChI=1S/C22H16F6N2O2/c1-2-3-16(32-18-7-5-15(13-30)20(11-18)22(26,27)28)8-9-31-17-6-4-14(12-29)19(10-17)21(23,24)25/h2,4-7,10-11,16H,1,3,8-9H2. The summed E-state index contributed by atoms with van der Waals surface area (Å²) in [6.07, 6.45) is -8.33. The van der Waals surface area contributed by atoms with Gasteiger partial charge >= 0.3 is 12.4 Å². The molecular weight excluding hydrogens is 438 g/mol. The minimum atomic E-state index is -4.74. The van der Waals surface area contributed by atoms with Gasteiger partial charge in [0.2, 0.25) is 0 Å². The minimum absolute atomic E-state index is 0.107. The van der Waals surface area contributed by atoms with Gasteiger partial charge in [-0.05, 0) is 36.4 Å². The monoisotopic (exact) mass is 454 g/mol. The molecule has 0 radical (unpaired) electrons. The molecule has 0 N–H and O–H groups in total. The maximum atomic E-state index is 13.1. The van der Waals surface area contributed by atoms with Crippen LogP contribution in [0.1, 0.15) is 35.1 Å². The molecule has 0 bridgehead atoms. The van der Waals surface area contributed by atoms with E-state index in [-0.39, 0.29) is 30.9 Å². The summed E-state index contributed by atoms with van der Waals surface area (Å²) in [4.78, 5) is 0. The van der Waals surface area contributed by atoms with Gasteiger partial charge in [0.25, 0.3) is 0 Å². The van der Waals surface area contributed by atoms with E-state index >= 15 is 0 Å². The fourth-order valence-corrected chi connectivity index (χ4v) is 2.79. The molecular formula is C22H16F6N2O2. The van der Waals surface area contributed by atoms with Gasteiger partial charge in [0, 0.05) is 12.8 Å². The Kier molecular flexibility index (Phi) is 7.77. The molecule has 0 fully saturated rings. The van der Waals surface area contributed by atoms with Gasteiger partial charge in [-0.3, -0.25) is 0 Å². The molecule has 0 aromatic heterocycles. The molecule has 0 aliphatic carbocycles. The van der Waals surface area contributed by atoms with Crippen LogP contribution in [0.4, 0.5) is 26.3 Å². The highest BCUT2D eigenvalue weighted by Gasteiger charge is 2.35. The van der Waals surface area contributed by atoms with Crippen LogP contribution < -0.4 is 9.47 Å². The van der Waals surface area contributed by atoms with Crippen LogP contribution in [-0.4, -0.2) is 12.7 Å². The molecule has 0 aliphatic heterocycles. The number of ether oxygens (including phenoxy) is 2. The zero-order chi connectivity index (χ0) is 23.9. The van der Waals surface area contributed by atoms with Gasteiger partial charge in [0.1, 0.15) is 17.6 Å². The Bertz CT molecular complexity index is 1050. The second-order valence-corrected chi connectivity index (χ2v) is 6.54. The summed E-state index contributed by atoms with van der Waals surface area (Å²) in [6.45, 7) is 3.44. The van der Waals surface area contributed by atoms with Crippen LogP contribution >= 0.6 is 0 Å². The summed E-state index contributed by atoms with van der Waals surface area (Å²) in [5.74, 6) is -0.243. The normalized spacial score (nSPS) is 12.4. The van der Waals surface area contributed by atoms with Gasteiger partial charge in [-0.1, -0.05) is 6.08 Å². The van der Waals surface area contributed by atoms with Crippen molar-refractivity contribution in [2.45, 2.75) is 31.3 Å². The third-order valence-corrected chi connectivity index (χ3v) is 4.27. The number of nitriles is 2. The van der Waals surface area contributed by atoms with Gasteiger partial charge in [-0.25, -0.2) is 0 Å². The summed E-state index contributed by atoms with van der Waals surface area (Å²) >= 11 is 0. The Balaban J connectivity index is 2.11. The molecule has 168 valence electrons. The van der Waals surface area contributed by atoms with E-state index in [0.29, 0.717) is 12.1 Å². The molecule has 0 spiro atoms. The average Bonchev–Trinajstić information content (AvgIpc) is 2.72. The topological polar surface area (TPSA) is 66.0 Å². The quantitative estimate of drug-likeness (QED) is 0.349. The second-order valence-electron chi connectivity index (χ2n) is 6.54. The van der Waals surface area contributed by atoms with Crippen molar-refractivity contribution < 1.29 is 35.8 Å². The van der Waals surface area contributed by atoms with E-state index in [2.05, 4.69) is 6.58 Å². The lowest BCUT2D eigenvalue weighted by atomic mass is 10.1. The number of rotatable bonds is 8. The molecule has 0 heterocycles. The summed E-state index contributed by atoms with van der Waals surface area (Å²) < 4.78 is 89.4. The molecule has 2 aromatic rings. The van der Waals surface area contributed by atoms with Gasteiger partial charge in [0.05, 0.1) is 41.0 Å². The molecule has 32 heavy (non-hydrogen) atoms. The van der Waals surface area contributed by atoms with Crippen LogP contribution in [0.15, 0.2) is 49.1 Å². The van der Waals surface area contributed by atoms with E-state index in [0.717, 1.165) is 12.1 Å². The Labute approximate surface area is 179 Å². The van der Waals surface area contributed by atoms with Gasteiger partial charge in [0.15, 0.2) is 0 Å². The van der Waals surface area contributed by atoms with E-state index < -0.39 is 40.7 Å². The van der Waals surface area contributed by atoms with Crippen molar-refractivity contribution in [1.82, 2.24) is 0 Å². The van der Waals surface area contributed by atoms with E-state index in [4.69, 9.17) is 20.0 Å². The van der Waals surface area contributed by atoms with Crippen LogP contribution in [0, 0.1) is 22.7 Å². The van der Waals surface area contributed by atoms with Crippen LogP contribution in [0.3, 0.4) is 0 Å². The fraction of sp³-hybridized carbons (Fsp3) is 0.273. The third-order valence-electron chi connectivity index (χ3n) is 4.27. The van der Waals surface area contributed by atoms with Crippen molar-refractivity contribution in [2.24, 2.45) is 0 Å². The first-order valence-electron chi connectivity index (χ1n) is 9.12. The van der Waals surface area contributed by atoms with Crippen LogP contribution in [0.25, 0.3) is 0 Å². The summed E-state index contributed by atoms with van der Waals surface area (Å²) in [7, 11) is 0. The van der Waals surface area contributed by atoms with Gasteiger partial charge in [-0.15, -0.1) is 6.58 Å². The van der Waals surface area contributed by atoms with Gasteiger partial charge < -0.3 is 9.47 Å². The molecule has 2 rings (SSSR count). The molecule has 0 saturated heterocycles. The highest BCUT2D eigenvalue weighted by atomic mass is 19.4. The van der Waals surface area contributed by atoms with E-state index in [1.165, 1.54) is 30.3 Å². The molecule has 1 unspecified atom stereocenters. The predicted octanol–water partition coefficient (Wildman–Crippen LogP) is 6.26. The fourth-order valence-electron chi connectivity index (χ4n) is 2.79. The third kappa shape index (κ3) is 6.42.